The molecule has 1 aliphatic rings. The summed E-state index contributed by atoms with van der Waals surface area (Å²) in [4.78, 5) is 27.7. The van der Waals surface area contributed by atoms with Crippen molar-refractivity contribution in [3.8, 4) is 0 Å². The number of amides is 1. The topological polar surface area (TPSA) is 67.5 Å². The number of hydrogen-bond acceptors (Lipinski definition) is 4. The Morgan fingerprint density at radius 1 is 1.06 bits per heavy atom. The number of Topliss-reactive ketones (excluding diaryl/α,β-unsaturated/α-hetero) is 1. The first-order valence-electron chi connectivity index (χ1n) is 11.8. The predicted molar refractivity (Wildman–Crippen MR) is 128 cm³/mol. The normalized spacial score (nSPS) is 15.0. The molecule has 0 saturated carbocycles. The highest BCUT2D eigenvalue weighted by atomic mass is 16.3. The van der Waals surface area contributed by atoms with Gasteiger partial charge in [-0.05, 0) is 70.0 Å². The van der Waals surface area contributed by atoms with Crippen molar-refractivity contribution < 1.29 is 14.0 Å². The molecule has 174 valence electrons. The lowest BCUT2D eigenvalue weighted by atomic mass is 9.95. The Balaban J connectivity index is 1.27. The van der Waals surface area contributed by atoms with E-state index in [2.05, 4.69) is 46.0 Å². The van der Waals surface area contributed by atoms with Gasteiger partial charge in [0.15, 0.2) is 5.78 Å². The van der Waals surface area contributed by atoms with Crippen LogP contribution < -0.4 is 5.32 Å². The molecule has 1 N–H and O–H groups in total. The van der Waals surface area contributed by atoms with Crippen LogP contribution in [0.15, 0.2) is 59.2 Å². The van der Waals surface area contributed by atoms with Crippen LogP contribution in [0.4, 0.5) is 0 Å². The van der Waals surface area contributed by atoms with Crippen molar-refractivity contribution in [2.45, 2.75) is 46.2 Å². The number of likely N-dealkylation sites (tertiary alicyclic amines) is 1. The van der Waals surface area contributed by atoms with E-state index in [-0.39, 0.29) is 17.6 Å². The van der Waals surface area contributed by atoms with Gasteiger partial charge < -0.3 is 14.3 Å². The molecule has 33 heavy (non-hydrogen) atoms. The maximum Gasteiger partial charge on any atom is 0.223 e. The van der Waals surface area contributed by atoms with Crippen molar-refractivity contribution >= 4 is 11.7 Å². The third-order valence-corrected chi connectivity index (χ3v) is 6.68. The van der Waals surface area contributed by atoms with Crippen molar-refractivity contribution in [3.63, 3.8) is 0 Å². The molecular weight excluding hydrogens is 414 g/mol. The highest BCUT2D eigenvalue weighted by Crippen LogP contribution is 2.21. The molecule has 1 aromatic carbocycles. The molecule has 0 aliphatic carbocycles. The number of nitrogens with one attached hydrogen (secondary N) is 1. The van der Waals surface area contributed by atoms with Crippen molar-refractivity contribution in [1.29, 1.82) is 0 Å². The monoisotopic (exact) mass is 447 g/mol. The molecule has 1 saturated heterocycles. The zero-order chi connectivity index (χ0) is 23.2. The van der Waals surface area contributed by atoms with Gasteiger partial charge >= 0.3 is 0 Å². The average molecular weight is 448 g/mol. The molecule has 6 nitrogen and oxygen atoms in total. The number of aryl methyl sites for hydroxylation is 2. The van der Waals surface area contributed by atoms with Gasteiger partial charge in [-0.1, -0.05) is 30.3 Å². The summed E-state index contributed by atoms with van der Waals surface area (Å²) in [6, 6.07) is 16.1. The quantitative estimate of drug-likeness (QED) is 0.501. The number of aromatic nitrogens is 1. The number of ketones is 1. The third kappa shape index (κ3) is 5.82. The molecule has 0 spiro atoms. The molecule has 1 amide bonds. The summed E-state index contributed by atoms with van der Waals surface area (Å²) in [6.45, 7) is 7.33. The van der Waals surface area contributed by atoms with E-state index in [9.17, 15) is 9.59 Å². The Kier molecular flexibility index (Phi) is 7.45. The highest BCUT2D eigenvalue weighted by molar-refractivity contribution is 5.99. The van der Waals surface area contributed by atoms with Gasteiger partial charge in [0.2, 0.25) is 5.91 Å². The van der Waals surface area contributed by atoms with Gasteiger partial charge in [-0.25, -0.2) is 0 Å². The summed E-state index contributed by atoms with van der Waals surface area (Å²) in [5.74, 6) is 0.983. The zero-order valence-electron chi connectivity index (χ0n) is 19.5. The minimum Gasteiger partial charge on any atom is -0.467 e. The number of hydrogen-bond donors (Lipinski definition) is 1. The van der Waals surface area contributed by atoms with E-state index < -0.39 is 0 Å². The number of carbonyl (C=O) groups excluding carboxylic acids is 2. The lowest BCUT2D eigenvalue weighted by Gasteiger charge is -2.30. The lowest BCUT2D eigenvalue weighted by Crippen LogP contribution is -2.42. The first kappa shape index (κ1) is 23.1. The van der Waals surface area contributed by atoms with E-state index in [0.29, 0.717) is 13.1 Å². The van der Waals surface area contributed by atoms with Crippen molar-refractivity contribution in [2.24, 2.45) is 5.92 Å². The minimum atomic E-state index is -0.00522. The van der Waals surface area contributed by atoms with Gasteiger partial charge in [-0.15, -0.1) is 0 Å². The maximum absolute atomic E-state index is 13.1. The Labute approximate surface area is 195 Å². The second kappa shape index (κ2) is 10.7. The SMILES string of the molecule is Cc1cc(C(=O)CN2CCC(C(=O)NCc3ccco3)CC2)c(C)n1CCc1ccccc1. The maximum atomic E-state index is 13.1. The van der Waals surface area contributed by atoms with Crippen LogP contribution >= 0.6 is 0 Å². The first-order valence-corrected chi connectivity index (χ1v) is 11.8. The van der Waals surface area contributed by atoms with E-state index in [0.717, 1.165) is 61.6 Å². The summed E-state index contributed by atoms with van der Waals surface area (Å²) in [6.07, 6.45) is 4.10. The fraction of sp³-hybridized carbons (Fsp3) is 0.407. The Hall–Kier alpha value is -3.12. The minimum absolute atomic E-state index is 0.00522. The Morgan fingerprint density at radius 3 is 2.52 bits per heavy atom. The van der Waals surface area contributed by atoms with Gasteiger partial charge in [0, 0.05) is 29.4 Å². The number of nitrogens with zero attached hydrogens (tertiary/aromatic N) is 2. The van der Waals surface area contributed by atoms with Crippen LogP contribution in [-0.2, 0) is 24.3 Å². The fourth-order valence-electron chi connectivity index (χ4n) is 4.69. The molecule has 0 radical (unpaired) electrons. The summed E-state index contributed by atoms with van der Waals surface area (Å²) < 4.78 is 7.52. The Bertz CT molecular complexity index is 1060. The fourth-order valence-corrected chi connectivity index (χ4v) is 4.69. The molecule has 4 rings (SSSR count). The van der Waals surface area contributed by atoms with Crippen LogP contribution in [0.5, 0.6) is 0 Å². The second-order valence-corrected chi connectivity index (χ2v) is 8.94. The molecule has 0 bridgehead atoms. The largest absolute Gasteiger partial charge is 0.467 e. The lowest BCUT2D eigenvalue weighted by molar-refractivity contribution is -0.126. The van der Waals surface area contributed by atoms with Crippen LogP contribution in [0.2, 0.25) is 0 Å². The van der Waals surface area contributed by atoms with Crippen LogP contribution in [0.25, 0.3) is 0 Å². The molecule has 0 unspecified atom stereocenters. The third-order valence-electron chi connectivity index (χ3n) is 6.68. The van der Waals surface area contributed by atoms with Crippen LogP contribution in [-0.4, -0.2) is 40.8 Å². The van der Waals surface area contributed by atoms with Crippen molar-refractivity contribution in [1.82, 2.24) is 14.8 Å². The van der Waals surface area contributed by atoms with Crippen LogP contribution in [0.1, 0.15) is 45.9 Å². The summed E-state index contributed by atoms with van der Waals surface area (Å²) in [7, 11) is 0. The Morgan fingerprint density at radius 2 is 1.82 bits per heavy atom. The number of rotatable bonds is 9. The van der Waals surface area contributed by atoms with E-state index in [1.807, 2.05) is 31.2 Å². The standard InChI is InChI=1S/C27H33N3O3/c1-20-17-25(21(2)30(20)15-10-22-7-4-3-5-8-22)26(31)19-29-13-11-23(12-14-29)27(32)28-18-24-9-6-16-33-24/h3-9,16-17,23H,10-15,18-19H2,1-2H3,(H,28,32). The van der Waals surface area contributed by atoms with Gasteiger partial charge in [0.25, 0.3) is 0 Å². The second-order valence-electron chi connectivity index (χ2n) is 8.94. The van der Waals surface area contributed by atoms with Gasteiger partial charge in [0.1, 0.15) is 5.76 Å². The smallest absolute Gasteiger partial charge is 0.223 e. The number of benzene rings is 1. The predicted octanol–water partition coefficient (Wildman–Crippen LogP) is 4.15. The summed E-state index contributed by atoms with van der Waals surface area (Å²) >= 11 is 0. The van der Waals surface area contributed by atoms with Crippen molar-refractivity contribution in [2.75, 3.05) is 19.6 Å². The van der Waals surface area contributed by atoms with Crippen LogP contribution in [0, 0.1) is 19.8 Å². The van der Waals surface area contributed by atoms with E-state index in [4.69, 9.17) is 4.42 Å². The van der Waals surface area contributed by atoms with E-state index in [1.54, 1.807) is 6.26 Å². The van der Waals surface area contributed by atoms with Crippen LogP contribution in [0.3, 0.4) is 0 Å². The molecule has 1 aliphatic heterocycles. The van der Waals surface area contributed by atoms with E-state index >= 15 is 0 Å². The number of furan rings is 1. The average Bonchev–Trinajstić information content (AvgIpc) is 3.45. The summed E-state index contributed by atoms with van der Waals surface area (Å²) in [5, 5.41) is 2.96. The molecule has 3 heterocycles. The number of piperidine rings is 1. The number of carbonyl (C=O) groups is 2. The molecule has 6 heteroatoms. The van der Waals surface area contributed by atoms with Gasteiger partial charge in [-0.3, -0.25) is 14.5 Å². The molecule has 3 aromatic rings. The molecule has 0 atom stereocenters. The van der Waals surface area contributed by atoms with Crippen molar-refractivity contribution in [3.05, 3.63) is 83.1 Å². The molecule has 2 aromatic heterocycles. The van der Waals surface area contributed by atoms with Gasteiger partial charge in [0.05, 0.1) is 19.4 Å². The molecule has 1 fully saturated rings. The zero-order valence-corrected chi connectivity index (χ0v) is 19.5. The first-order chi connectivity index (χ1) is 16.0. The van der Waals surface area contributed by atoms with E-state index in [1.165, 1.54) is 5.56 Å². The van der Waals surface area contributed by atoms with Gasteiger partial charge in [-0.2, -0.15) is 0 Å². The summed E-state index contributed by atoms with van der Waals surface area (Å²) in [5.41, 5.74) is 4.28. The molecular formula is C27H33N3O3. The highest BCUT2D eigenvalue weighted by Gasteiger charge is 2.27.